The third-order valence-electron chi connectivity index (χ3n) is 2.69. The zero-order chi connectivity index (χ0) is 9.80. The maximum atomic E-state index is 10.7. The molecule has 0 aliphatic carbocycles. The minimum atomic E-state index is 0.750. The van der Waals surface area contributed by atoms with E-state index in [9.17, 15) is 4.79 Å². The van der Waals surface area contributed by atoms with E-state index in [4.69, 9.17) is 0 Å². The number of carbonyl (C=O) groups excluding carboxylic acids is 1. The number of aromatic nitrogens is 1. The molecule has 1 fully saturated rings. The van der Waals surface area contributed by atoms with Crippen LogP contribution in [-0.4, -0.2) is 22.4 Å². The molecular weight excluding hydrogens is 194 g/mol. The summed E-state index contributed by atoms with van der Waals surface area (Å²) in [5, 5.41) is 0. The molecule has 3 heteroatoms. The molecule has 1 saturated heterocycles. The first-order chi connectivity index (χ1) is 6.90. The molecule has 2 nitrogen and oxygen atoms in total. The summed E-state index contributed by atoms with van der Waals surface area (Å²) in [6, 6.07) is 3.82. The van der Waals surface area contributed by atoms with Crippen molar-refractivity contribution in [3.63, 3.8) is 0 Å². The van der Waals surface area contributed by atoms with Crippen molar-refractivity contribution < 1.29 is 4.79 Å². The molecule has 2 rings (SSSR count). The van der Waals surface area contributed by atoms with Gasteiger partial charge in [0.05, 0.1) is 5.69 Å². The maximum Gasteiger partial charge on any atom is 0.166 e. The summed E-state index contributed by atoms with van der Waals surface area (Å²) < 4.78 is 2.07. The Morgan fingerprint density at radius 1 is 1.64 bits per heavy atom. The average molecular weight is 209 g/mol. The van der Waals surface area contributed by atoms with Crippen LogP contribution in [-0.2, 0) is 6.54 Å². The topological polar surface area (TPSA) is 22.0 Å². The second kappa shape index (κ2) is 4.69. The van der Waals surface area contributed by atoms with Crippen molar-refractivity contribution in [3.8, 4) is 0 Å². The van der Waals surface area contributed by atoms with Crippen molar-refractivity contribution in [3.05, 3.63) is 24.0 Å². The van der Waals surface area contributed by atoms with Crippen molar-refractivity contribution >= 4 is 18.0 Å². The SMILES string of the molecule is O=Cc1cccn1CC1CCCSC1. The normalized spacial score (nSPS) is 22.1. The van der Waals surface area contributed by atoms with Crippen LogP contribution in [0.15, 0.2) is 18.3 Å². The highest BCUT2D eigenvalue weighted by molar-refractivity contribution is 7.99. The molecule has 1 unspecified atom stereocenters. The monoisotopic (exact) mass is 209 g/mol. The van der Waals surface area contributed by atoms with Crippen LogP contribution < -0.4 is 0 Å². The zero-order valence-electron chi connectivity index (χ0n) is 8.19. The Kier molecular flexibility index (Phi) is 3.30. The van der Waals surface area contributed by atoms with E-state index in [1.165, 1.54) is 24.3 Å². The van der Waals surface area contributed by atoms with Gasteiger partial charge in [-0.1, -0.05) is 0 Å². The lowest BCUT2D eigenvalue weighted by Gasteiger charge is -2.22. The lowest BCUT2D eigenvalue weighted by Crippen LogP contribution is -2.17. The fourth-order valence-corrected chi connectivity index (χ4v) is 3.07. The van der Waals surface area contributed by atoms with E-state index >= 15 is 0 Å². The van der Waals surface area contributed by atoms with E-state index in [-0.39, 0.29) is 0 Å². The minimum absolute atomic E-state index is 0.750. The number of rotatable bonds is 3. The van der Waals surface area contributed by atoms with Gasteiger partial charge in [-0.05, 0) is 42.4 Å². The Morgan fingerprint density at radius 2 is 2.57 bits per heavy atom. The molecule has 0 bridgehead atoms. The Hall–Kier alpha value is -0.700. The summed E-state index contributed by atoms with van der Waals surface area (Å²) in [6.45, 7) is 1.01. The second-order valence-corrected chi connectivity index (χ2v) is 4.94. The van der Waals surface area contributed by atoms with Gasteiger partial charge in [-0.3, -0.25) is 4.79 Å². The fourth-order valence-electron chi connectivity index (χ4n) is 1.93. The van der Waals surface area contributed by atoms with Gasteiger partial charge in [0, 0.05) is 12.7 Å². The molecule has 0 saturated carbocycles. The summed E-state index contributed by atoms with van der Waals surface area (Å²) >= 11 is 2.04. The summed E-state index contributed by atoms with van der Waals surface area (Å²) in [6.07, 6.45) is 5.58. The molecule has 1 atom stereocenters. The van der Waals surface area contributed by atoms with E-state index in [2.05, 4.69) is 4.57 Å². The van der Waals surface area contributed by atoms with Crippen molar-refractivity contribution in [2.75, 3.05) is 11.5 Å². The van der Waals surface area contributed by atoms with Gasteiger partial charge >= 0.3 is 0 Å². The van der Waals surface area contributed by atoms with Crippen LogP contribution in [0.5, 0.6) is 0 Å². The van der Waals surface area contributed by atoms with Crippen LogP contribution in [0.25, 0.3) is 0 Å². The molecule has 0 amide bonds. The first-order valence-corrected chi connectivity index (χ1v) is 6.23. The standard InChI is InChI=1S/C11H15NOS/c13-8-11-4-1-5-12(11)7-10-3-2-6-14-9-10/h1,4-5,8,10H,2-3,6-7,9H2. The lowest BCUT2D eigenvalue weighted by molar-refractivity contribution is 0.111. The molecule has 0 radical (unpaired) electrons. The van der Waals surface area contributed by atoms with Crippen molar-refractivity contribution in [1.29, 1.82) is 0 Å². The van der Waals surface area contributed by atoms with E-state index in [1.807, 2.05) is 30.1 Å². The van der Waals surface area contributed by atoms with E-state index in [0.29, 0.717) is 0 Å². The average Bonchev–Trinajstić information content (AvgIpc) is 2.67. The van der Waals surface area contributed by atoms with Gasteiger partial charge in [-0.15, -0.1) is 0 Å². The molecule has 0 N–H and O–H groups in total. The van der Waals surface area contributed by atoms with Crippen molar-refractivity contribution in [2.24, 2.45) is 5.92 Å². The Bertz CT molecular complexity index is 302. The Balaban J connectivity index is 1.98. The molecule has 14 heavy (non-hydrogen) atoms. The van der Waals surface area contributed by atoms with E-state index < -0.39 is 0 Å². The smallest absolute Gasteiger partial charge is 0.166 e. The number of hydrogen-bond donors (Lipinski definition) is 0. The summed E-state index contributed by atoms with van der Waals surface area (Å²) in [5.41, 5.74) is 0.806. The highest BCUT2D eigenvalue weighted by atomic mass is 32.2. The zero-order valence-corrected chi connectivity index (χ0v) is 9.00. The molecule has 76 valence electrons. The number of carbonyl (C=O) groups is 1. The predicted octanol–water partition coefficient (Wildman–Crippen LogP) is 2.44. The van der Waals surface area contributed by atoms with Gasteiger partial charge in [-0.2, -0.15) is 11.8 Å². The summed E-state index contributed by atoms with van der Waals surface area (Å²) in [4.78, 5) is 10.7. The van der Waals surface area contributed by atoms with Crippen molar-refractivity contribution in [2.45, 2.75) is 19.4 Å². The van der Waals surface area contributed by atoms with Crippen molar-refractivity contribution in [1.82, 2.24) is 4.57 Å². The number of nitrogens with zero attached hydrogens (tertiary/aromatic N) is 1. The van der Waals surface area contributed by atoms with Crippen LogP contribution in [0.2, 0.25) is 0 Å². The van der Waals surface area contributed by atoms with Gasteiger partial charge in [-0.25, -0.2) is 0 Å². The third kappa shape index (κ3) is 2.21. The maximum absolute atomic E-state index is 10.7. The molecular formula is C11H15NOS. The van der Waals surface area contributed by atoms with Crippen LogP contribution in [0.4, 0.5) is 0 Å². The van der Waals surface area contributed by atoms with Crippen LogP contribution >= 0.6 is 11.8 Å². The Labute approximate surface area is 88.7 Å². The van der Waals surface area contributed by atoms with Gasteiger partial charge in [0.2, 0.25) is 0 Å². The minimum Gasteiger partial charge on any atom is -0.345 e. The van der Waals surface area contributed by atoms with Gasteiger partial charge in [0.25, 0.3) is 0 Å². The molecule has 1 aliphatic rings. The molecule has 1 aromatic rings. The van der Waals surface area contributed by atoms with Gasteiger partial charge in [0.15, 0.2) is 6.29 Å². The molecule has 0 aromatic carbocycles. The second-order valence-electron chi connectivity index (χ2n) is 3.79. The highest BCUT2D eigenvalue weighted by Crippen LogP contribution is 2.24. The number of aldehydes is 1. The molecule has 1 aromatic heterocycles. The quantitative estimate of drug-likeness (QED) is 0.713. The number of thioether (sulfide) groups is 1. The number of hydrogen-bond acceptors (Lipinski definition) is 2. The first-order valence-electron chi connectivity index (χ1n) is 5.08. The highest BCUT2D eigenvalue weighted by Gasteiger charge is 2.14. The molecule has 0 spiro atoms. The Morgan fingerprint density at radius 3 is 3.29 bits per heavy atom. The molecule has 2 heterocycles. The summed E-state index contributed by atoms with van der Waals surface area (Å²) in [5.74, 6) is 3.30. The van der Waals surface area contributed by atoms with Gasteiger partial charge < -0.3 is 4.57 Å². The van der Waals surface area contributed by atoms with Gasteiger partial charge in [0.1, 0.15) is 0 Å². The first kappa shape index (κ1) is 9.84. The molecule has 1 aliphatic heterocycles. The predicted molar refractivity (Wildman–Crippen MR) is 59.9 cm³/mol. The van der Waals surface area contributed by atoms with E-state index in [0.717, 1.165) is 24.4 Å². The van der Waals surface area contributed by atoms with Crippen LogP contribution in [0, 0.1) is 5.92 Å². The largest absolute Gasteiger partial charge is 0.345 e. The fraction of sp³-hybridized carbons (Fsp3) is 0.545. The summed E-state index contributed by atoms with van der Waals surface area (Å²) in [7, 11) is 0. The lowest BCUT2D eigenvalue weighted by atomic mass is 10.1. The van der Waals surface area contributed by atoms with Crippen LogP contribution in [0.3, 0.4) is 0 Å². The third-order valence-corrected chi connectivity index (χ3v) is 3.98. The van der Waals surface area contributed by atoms with E-state index in [1.54, 1.807) is 0 Å². The van der Waals surface area contributed by atoms with Crippen LogP contribution in [0.1, 0.15) is 23.3 Å².